The Morgan fingerprint density at radius 2 is 1.79 bits per heavy atom. The number of hydrogen-bond acceptors (Lipinski definition) is 6. The molecule has 190 valence electrons. The van der Waals surface area contributed by atoms with Crippen molar-refractivity contribution in [1.82, 2.24) is 14.1 Å². The van der Waals surface area contributed by atoms with E-state index in [0.29, 0.717) is 32.8 Å². The van der Waals surface area contributed by atoms with Gasteiger partial charge in [-0.05, 0) is 56.6 Å². The maximum atomic E-state index is 13.0. The molecule has 0 spiro atoms. The van der Waals surface area contributed by atoms with Crippen LogP contribution in [0.2, 0.25) is 0 Å². The van der Waals surface area contributed by atoms with Crippen LogP contribution in [-0.2, 0) is 24.3 Å². The zero-order chi connectivity index (χ0) is 25.1. The van der Waals surface area contributed by atoms with Crippen molar-refractivity contribution in [3.63, 3.8) is 0 Å². The van der Waals surface area contributed by atoms with Gasteiger partial charge in [0.05, 0.1) is 17.9 Å². The fourth-order valence-electron chi connectivity index (χ4n) is 4.26. The summed E-state index contributed by atoms with van der Waals surface area (Å²) in [5.41, 5.74) is 0.730. The number of carbonyl (C=O) groups is 2. The van der Waals surface area contributed by atoms with E-state index < -0.39 is 10.0 Å². The van der Waals surface area contributed by atoms with Crippen LogP contribution in [0, 0.1) is 0 Å². The van der Waals surface area contributed by atoms with Crippen LogP contribution in [-0.4, -0.2) is 86.3 Å². The summed E-state index contributed by atoms with van der Waals surface area (Å²) in [6, 6.07) is 6.80. The van der Waals surface area contributed by atoms with Gasteiger partial charge in [0.15, 0.2) is 0 Å². The largest absolute Gasteiger partial charge is 0.466 e. The third kappa shape index (κ3) is 7.65. The van der Waals surface area contributed by atoms with Crippen LogP contribution in [0.1, 0.15) is 52.5 Å². The molecule has 8 nitrogen and oxygen atoms in total. The van der Waals surface area contributed by atoms with Crippen molar-refractivity contribution in [3.05, 3.63) is 35.9 Å². The van der Waals surface area contributed by atoms with E-state index in [1.807, 2.05) is 13.8 Å². The summed E-state index contributed by atoms with van der Waals surface area (Å²) in [5, 5.41) is 0. The maximum absolute atomic E-state index is 13.0. The molecule has 1 unspecified atom stereocenters. The van der Waals surface area contributed by atoms with Crippen LogP contribution in [0.15, 0.2) is 35.2 Å². The van der Waals surface area contributed by atoms with Crippen LogP contribution in [0.25, 0.3) is 6.08 Å². The highest BCUT2D eigenvalue weighted by atomic mass is 32.2. The van der Waals surface area contributed by atoms with Gasteiger partial charge in [-0.2, -0.15) is 4.31 Å². The van der Waals surface area contributed by atoms with Gasteiger partial charge in [-0.1, -0.05) is 32.9 Å². The Labute approximate surface area is 204 Å². The molecule has 1 aliphatic rings. The van der Waals surface area contributed by atoms with E-state index >= 15 is 0 Å². The second-order valence-electron chi connectivity index (χ2n) is 8.26. The highest BCUT2D eigenvalue weighted by Crippen LogP contribution is 2.19. The monoisotopic (exact) mass is 493 g/mol. The normalized spacial score (nSPS) is 16.9. The van der Waals surface area contributed by atoms with Gasteiger partial charge in [0.25, 0.3) is 0 Å². The third-order valence-corrected chi connectivity index (χ3v) is 8.25. The summed E-state index contributed by atoms with van der Waals surface area (Å²) in [4.78, 5) is 29.2. The maximum Gasteiger partial charge on any atom is 0.307 e. The predicted octanol–water partition coefficient (Wildman–Crippen LogP) is 3.00. The van der Waals surface area contributed by atoms with E-state index in [1.165, 1.54) is 10.4 Å². The standard InChI is InChI=1S/C25H39N3O5S/c1-5-26-18-9-10-22(26)20-27(19-17-25(30)33-8-4)24(29)16-13-21-11-14-23(15-12-21)34(31,32)28(6-2)7-3/h11-16,22H,5-10,17-20H2,1-4H3/b16-13+. The summed E-state index contributed by atoms with van der Waals surface area (Å²) in [5.74, 6) is -0.486. The van der Waals surface area contributed by atoms with Gasteiger partial charge >= 0.3 is 5.97 Å². The highest BCUT2D eigenvalue weighted by molar-refractivity contribution is 7.89. The van der Waals surface area contributed by atoms with E-state index in [-0.39, 0.29) is 29.2 Å². The molecule has 1 amide bonds. The van der Waals surface area contributed by atoms with Crippen LogP contribution in [0.4, 0.5) is 0 Å². The second kappa shape index (κ2) is 13.6. The number of ether oxygens (including phenoxy) is 1. The average Bonchev–Trinajstić information content (AvgIpc) is 3.28. The quantitative estimate of drug-likeness (QED) is 0.310. The number of carbonyl (C=O) groups excluding carboxylic acids is 2. The Balaban J connectivity index is 2.11. The van der Waals surface area contributed by atoms with E-state index in [4.69, 9.17) is 4.74 Å². The van der Waals surface area contributed by atoms with Gasteiger partial charge in [-0.3, -0.25) is 14.5 Å². The molecule has 1 fully saturated rings. The molecule has 1 atom stereocenters. The summed E-state index contributed by atoms with van der Waals surface area (Å²) in [6.45, 7) is 11.5. The molecule has 34 heavy (non-hydrogen) atoms. The van der Waals surface area contributed by atoms with Gasteiger partial charge in [0.1, 0.15) is 0 Å². The fraction of sp³-hybridized carbons (Fsp3) is 0.600. The zero-order valence-electron chi connectivity index (χ0n) is 20.9. The molecule has 9 heteroatoms. The first-order valence-corrected chi connectivity index (χ1v) is 13.7. The molecule has 1 aromatic rings. The van der Waals surface area contributed by atoms with E-state index in [9.17, 15) is 18.0 Å². The van der Waals surface area contributed by atoms with Gasteiger partial charge in [0, 0.05) is 38.3 Å². The number of likely N-dealkylation sites (N-methyl/N-ethyl adjacent to an activating group) is 1. The van der Waals surface area contributed by atoms with E-state index in [0.717, 1.165) is 31.5 Å². The summed E-state index contributed by atoms with van der Waals surface area (Å²) in [7, 11) is -3.52. The lowest BCUT2D eigenvalue weighted by molar-refractivity contribution is -0.143. The van der Waals surface area contributed by atoms with Gasteiger partial charge in [-0.25, -0.2) is 8.42 Å². The first-order chi connectivity index (χ1) is 16.3. The predicted molar refractivity (Wildman–Crippen MR) is 134 cm³/mol. The Morgan fingerprint density at radius 1 is 1.12 bits per heavy atom. The van der Waals surface area contributed by atoms with Crippen molar-refractivity contribution < 1.29 is 22.7 Å². The molecule has 2 rings (SSSR count). The minimum atomic E-state index is -3.52. The molecule has 0 saturated carbocycles. The SMILES string of the molecule is CCOC(=O)CCN(CC1CCCN1CC)C(=O)/C=C/c1ccc(S(=O)(=O)N(CC)CC)cc1. The van der Waals surface area contributed by atoms with E-state index in [1.54, 1.807) is 42.2 Å². The van der Waals surface area contributed by atoms with Crippen LogP contribution >= 0.6 is 0 Å². The molecule has 0 aromatic heterocycles. The van der Waals surface area contributed by atoms with Gasteiger partial charge in [-0.15, -0.1) is 0 Å². The number of likely N-dealkylation sites (tertiary alicyclic amines) is 1. The smallest absolute Gasteiger partial charge is 0.307 e. The number of benzene rings is 1. The van der Waals surface area contributed by atoms with Gasteiger partial charge in [0.2, 0.25) is 15.9 Å². The lowest BCUT2D eigenvalue weighted by Crippen LogP contribution is -2.43. The molecule has 0 bridgehead atoms. The Hall–Kier alpha value is -2.23. The molecule has 1 saturated heterocycles. The lowest BCUT2D eigenvalue weighted by Gasteiger charge is -2.29. The van der Waals surface area contributed by atoms with Crippen molar-refractivity contribution >= 4 is 28.0 Å². The molecule has 1 aromatic carbocycles. The topological polar surface area (TPSA) is 87.2 Å². The molecule has 0 aliphatic carbocycles. The lowest BCUT2D eigenvalue weighted by atomic mass is 10.1. The third-order valence-electron chi connectivity index (χ3n) is 6.18. The summed E-state index contributed by atoms with van der Waals surface area (Å²) < 4.78 is 31.7. The Bertz CT molecular complexity index is 926. The molecule has 1 aliphatic heterocycles. The average molecular weight is 494 g/mol. The number of sulfonamides is 1. The number of amides is 1. The van der Waals surface area contributed by atoms with Crippen LogP contribution in [0.5, 0.6) is 0 Å². The molecule has 0 radical (unpaired) electrons. The zero-order valence-corrected chi connectivity index (χ0v) is 21.7. The summed E-state index contributed by atoms with van der Waals surface area (Å²) >= 11 is 0. The fourth-order valence-corrected chi connectivity index (χ4v) is 5.72. The van der Waals surface area contributed by atoms with Crippen LogP contribution < -0.4 is 0 Å². The van der Waals surface area contributed by atoms with Gasteiger partial charge < -0.3 is 9.64 Å². The Kier molecular flexibility index (Phi) is 11.2. The van der Waals surface area contributed by atoms with Crippen molar-refractivity contribution in [2.45, 2.75) is 57.9 Å². The molecule has 1 heterocycles. The van der Waals surface area contributed by atoms with Crippen molar-refractivity contribution in [1.29, 1.82) is 0 Å². The first kappa shape index (κ1) is 28.0. The van der Waals surface area contributed by atoms with Crippen molar-refractivity contribution in [3.8, 4) is 0 Å². The molecule has 0 N–H and O–H groups in total. The Morgan fingerprint density at radius 3 is 2.38 bits per heavy atom. The minimum absolute atomic E-state index is 0.157. The highest BCUT2D eigenvalue weighted by Gasteiger charge is 2.27. The van der Waals surface area contributed by atoms with Crippen LogP contribution in [0.3, 0.4) is 0 Å². The number of esters is 1. The summed E-state index contributed by atoms with van der Waals surface area (Å²) in [6.07, 6.45) is 5.47. The minimum Gasteiger partial charge on any atom is -0.466 e. The number of rotatable bonds is 13. The molecular weight excluding hydrogens is 454 g/mol. The van der Waals surface area contributed by atoms with Crippen molar-refractivity contribution in [2.24, 2.45) is 0 Å². The molecular formula is C25H39N3O5S. The first-order valence-electron chi connectivity index (χ1n) is 12.2. The second-order valence-corrected chi connectivity index (χ2v) is 10.2. The number of hydrogen-bond donors (Lipinski definition) is 0. The van der Waals surface area contributed by atoms with E-state index in [2.05, 4.69) is 11.8 Å². The van der Waals surface area contributed by atoms with Crippen molar-refractivity contribution in [2.75, 3.05) is 45.9 Å². The number of nitrogens with zero attached hydrogens (tertiary/aromatic N) is 3.